The van der Waals surface area contributed by atoms with Crippen molar-refractivity contribution in [2.45, 2.75) is 90.6 Å². The summed E-state index contributed by atoms with van der Waals surface area (Å²) in [4.78, 5) is 34.4. The van der Waals surface area contributed by atoms with Crippen molar-refractivity contribution in [1.29, 1.82) is 0 Å². The topological polar surface area (TPSA) is 112 Å². The van der Waals surface area contributed by atoms with Crippen molar-refractivity contribution >= 4 is 17.5 Å². The fourth-order valence-electron chi connectivity index (χ4n) is 8.50. The van der Waals surface area contributed by atoms with Gasteiger partial charge in [0.25, 0.3) is 0 Å². The molecule has 5 rings (SSSR count). The number of hydrogen-bond acceptors (Lipinski definition) is 5. The molecular formula is C27H40O6. The Labute approximate surface area is 196 Å². The number of aliphatic hydroxyl groups excluding tert-OH is 2. The summed E-state index contributed by atoms with van der Waals surface area (Å²) in [6, 6.07) is 0. The number of Topliss-reactive ketones (excluding diaryl/α,β-unsaturated/α-hetero) is 1. The van der Waals surface area contributed by atoms with Crippen LogP contribution in [-0.2, 0) is 14.4 Å². The van der Waals surface area contributed by atoms with Gasteiger partial charge in [-0.1, -0.05) is 32.3 Å². The van der Waals surface area contributed by atoms with E-state index in [0.717, 1.165) is 57.8 Å². The molecule has 6 heteroatoms. The van der Waals surface area contributed by atoms with Crippen molar-refractivity contribution in [2.75, 3.05) is 6.61 Å². The summed E-state index contributed by atoms with van der Waals surface area (Å²) in [7, 11) is 0. The number of ketones is 2. The average Bonchev–Trinajstić information content (AvgIpc) is 3.42. The van der Waals surface area contributed by atoms with Gasteiger partial charge in [0.1, 0.15) is 6.61 Å². The normalized spacial score (nSPS) is 42.4. The molecule has 0 aliphatic heterocycles. The first-order valence-electron chi connectivity index (χ1n) is 12.9. The molecule has 184 valence electrons. The second-order valence-corrected chi connectivity index (χ2v) is 11.7. The van der Waals surface area contributed by atoms with Crippen LogP contribution < -0.4 is 0 Å². The third-order valence-electron chi connectivity index (χ3n) is 10.1. The number of rotatable bonds is 3. The predicted molar refractivity (Wildman–Crippen MR) is 123 cm³/mol. The molecule has 0 spiro atoms. The zero-order valence-electron chi connectivity index (χ0n) is 20.1. The van der Waals surface area contributed by atoms with Gasteiger partial charge in [0.05, 0.1) is 12.0 Å². The fraction of sp³-hybridized carbons (Fsp3) is 0.815. The zero-order valence-corrected chi connectivity index (χ0v) is 20.1. The fourth-order valence-corrected chi connectivity index (χ4v) is 8.50. The lowest BCUT2D eigenvalue weighted by Crippen LogP contribution is -2.57. The molecule has 3 N–H and O–H groups in total. The molecule has 5 aliphatic carbocycles. The number of carboxylic acid groups (broad SMARTS) is 1. The minimum Gasteiger partial charge on any atom is -0.481 e. The van der Waals surface area contributed by atoms with Crippen molar-refractivity contribution in [3.05, 3.63) is 11.6 Å². The Morgan fingerprint density at radius 1 is 1.06 bits per heavy atom. The summed E-state index contributed by atoms with van der Waals surface area (Å²) in [6.07, 6.45) is 11.3. The van der Waals surface area contributed by atoms with Crippen LogP contribution in [0.1, 0.15) is 84.5 Å². The first kappa shape index (κ1) is 24.6. The van der Waals surface area contributed by atoms with E-state index >= 15 is 0 Å². The molecule has 0 aromatic rings. The number of allylic oxidation sites excluding steroid dienone is 1. The van der Waals surface area contributed by atoms with Crippen LogP contribution in [-0.4, -0.2) is 45.6 Å². The molecule has 4 saturated carbocycles. The molecule has 5 aliphatic rings. The molecule has 0 radical (unpaired) electrons. The van der Waals surface area contributed by atoms with Crippen LogP contribution in [0.3, 0.4) is 0 Å². The average molecular weight is 461 g/mol. The minimum atomic E-state index is -0.609. The SMILES string of the molecule is CC12CCC(=O)C=C1CCC1C2C(O)CC2(C)C(C(=O)CO)CCC12.O=C(O)C1CCCC1. The standard InChI is InChI=1S/C21H30O4.C6H10O2/c1-20-8-7-13(23)9-12(20)3-4-14-15-5-6-16(18(25)11-22)21(15,2)10-17(24)19(14)20;7-6(8)5-3-1-2-4-5/h9,14-17,19,22,24H,3-8,10-11H2,1-2H3;5H,1-4H2,(H,7,8). The molecule has 6 nitrogen and oxygen atoms in total. The molecule has 7 unspecified atom stereocenters. The van der Waals surface area contributed by atoms with Crippen LogP contribution in [0.15, 0.2) is 11.6 Å². The first-order valence-corrected chi connectivity index (χ1v) is 12.9. The molecule has 0 heterocycles. The summed E-state index contributed by atoms with van der Waals surface area (Å²) in [5.74, 6) is 0.491. The second kappa shape index (κ2) is 9.26. The van der Waals surface area contributed by atoms with Gasteiger partial charge in [0, 0.05) is 12.3 Å². The lowest BCUT2D eigenvalue weighted by atomic mass is 9.46. The van der Waals surface area contributed by atoms with Gasteiger partial charge in [0.2, 0.25) is 0 Å². The maximum Gasteiger partial charge on any atom is 0.306 e. The van der Waals surface area contributed by atoms with Gasteiger partial charge in [-0.15, -0.1) is 0 Å². The molecule has 4 fully saturated rings. The predicted octanol–water partition coefficient (Wildman–Crippen LogP) is 3.93. The van der Waals surface area contributed by atoms with E-state index < -0.39 is 12.1 Å². The Balaban J connectivity index is 0.000000275. The number of carboxylic acids is 1. The number of aliphatic carboxylic acids is 1. The first-order chi connectivity index (χ1) is 15.6. The van der Waals surface area contributed by atoms with Crippen molar-refractivity contribution in [3.63, 3.8) is 0 Å². The Morgan fingerprint density at radius 2 is 1.76 bits per heavy atom. The number of fused-ring (bicyclic) bond motifs is 5. The van der Waals surface area contributed by atoms with E-state index in [-0.39, 0.29) is 46.8 Å². The van der Waals surface area contributed by atoms with Crippen LogP contribution in [0.5, 0.6) is 0 Å². The van der Waals surface area contributed by atoms with Crippen molar-refractivity contribution in [1.82, 2.24) is 0 Å². The van der Waals surface area contributed by atoms with Crippen LogP contribution >= 0.6 is 0 Å². The van der Waals surface area contributed by atoms with E-state index in [9.17, 15) is 24.6 Å². The van der Waals surface area contributed by atoms with E-state index in [4.69, 9.17) is 5.11 Å². The number of carbonyl (C=O) groups excluding carboxylic acids is 2. The highest BCUT2D eigenvalue weighted by Crippen LogP contribution is 2.66. The van der Waals surface area contributed by atoms with Gasteiger partial charge in [-0.3, -0.25) is 14.4 Å². The highest BCUT2D eigenvalue weighted by atomic mass is 16.4. The third kappa shape index (κ3) is 4.22. The molecule has 0 amide bonds. The summed E-state index contributed by atoms with van der Waals surface area (Å²) < 4.78 is 0. The summed E-state index contributed by atoms with van der Waals surface area (Å²) in [5, 5.41) is 29.0. The molecule has 0 aromatic heterocycles. The summed E-state index contributed by atoms with van der Waals surface area (Å²) >= 11 is 0. The molecule has 7 atom stereocenters. The minimum absolute atomic E-state index is 0.0185. The van der Waals surface area contributed by atoms with Gasteiger partial charge >= 0.3 is 5.97 Å². The van der Waals surface area contributed by atoms with Gasteiger partial charge in [0.15, 0.2) is 11.6 Å². The Hall–Kier alpha value is -1.53. The summed E-state index contributed by atoms with van der Waals surface area (Å²) in [6.45, 7) is 4.03. The number of aliphatic hydroxyl groups is 2. The van der Waals surface area contributed by atoms with Gasteiger partial charge in [-0.05, 0) is 86.0 Å². The smallest absolute Gasteiger partial charge is 0.306 e. The molecule has 0 aromatic carbocycles. The lowest BCUT2D eigenvalue weighted by Gasteiger charge is -2.59. The zero-order chi connectivity index (χ0) is 24.0. The summed E-state index contributed by atoms with van der Waals surface area (Å²) in [5.41, 5.74) is 0.979. The monoisotopic (exact) mass is 460 g/mol. The van der Waals surface area contributed by atoms with Gasteiger partial charge in [-0.2, -0.15) is 0 Å². The van der Waals surface area contributed by atoms with Crippen LogP contribution in [0.25, 0.3) is 0 Å². The van der Waals surface area contributed by atoms with E-state index in [1.807, 2.05) is 6.08 Å². The maximum absolute atomic E-state index is 12.3. The van der Waals surface area contributed by atoms with Crippen molar-refractivity contribution in [2.24, 2.45) is 40.4 Å². The van der Waals surface area contributed by atoms with Crippen LogP contribution in [0, 0.1) is 40.4 Å². The van der Waals surface area contributed by atoms with Crippen LogP contribution in [0.4, 0.5) is 0 Å². The van der Waals surface area contributed by atoms with Crippen LogP contribution in [0.2, 0.25) is 0 Å². The van der Waals surface area contributed by atoms with E-state index in [2.05, 4.69) is 13.8 Å². The largest absolute Gasteiger partial charge is 0.481 e. The quantitative estimate of drug-likeness (QED) is 0.588. The Kier molecular flexibility index (Phi) is 6.90. The molecule has 0 bridgehead atoms. The highest BCUT2D eigenvalue weighted by molar-refractivity contribution is 5.91. The van der Waals surface area contributed by atoms with Crippen molar-refractivity contribution < 1.29 is 29.7 Å². The molecular weight excluding hydrogens is 420 g/mol. The van der Waals surface area contributed by atoms with E-state index in [0.29, 0.717) is 24.7 Å². The second-order valence-electron chi connectivity index (χ2n) is 11.7. The van der Waals surface area contributed by atoms with E-state index in [1.165, 1.54) is 5.57 Å². The Morgan fingerprint density at radius 3 is 2.36 bits per heavy atom. The molecule has 33 heavy (non-hydrogen) atoms. The highest BCUT2D eigenvalue weighted by Gasteiger charge is 2.62. The van der Waals surface area contributed by atoms with Crippen molar-refractivity contribution in [3.8, 4) is 0 Å². The van der Waals surface area contributed by atoms with E-state index in [1.54, 1.807) is 0 Å². The maximum atomic E-state index is 12.3. The molecule has 0 saturated heterocycles. The third-order valence-corrected chi connectivity index (χ3v) is 10.1. The lowest BCUT2D eigenvalue weighted by molar-refractivity contribution is -0.146. The Bertz CT molecular complexity index is 826. The van der Waals surface area contributed by atoms with Gasteiger partial charge < -0.3 is 15.3 Å². The number of hydrogen-bond donors (Lipinski definition) is 3. The number of carbonyl (C=O) groups is 3. The van der Waals surface area contributed by atoms with Gasteiger partial charge in [-0.25, -0.2) is 0 Å².